The largest absolute Gasteiger partial charge is 0.495 e. The SMILES string of the molecule is CNC(=O)c1ccc(-c2c[nH]c3nc(Nc4ccc(C(=O)NC5CN(C)C5)cc4OC)nc(OC4CCCC4)c23)cc1. The Morgan fingerprint density at radius 1 is 1.00 bits per heavy atom. The Labute approximate surface area is 244 Å². The molecule has 2 aromatic heterocycles. The van der Waals surface area contributed by atoms with Crippen LogP contribution in [0.4, 0.5) is 11.6 Å². The third kappa shape index (κ3) is 5.60. The van der Waals surface area contributed by atoms with E-state index < -0.39 is 0 Å². The van der Waals surface area contributed by atoms with Gasteiger partial charge in [0.05, 0.1) is 24.2 Å². The number of nitrogens with one attached hydrogen (secondary N) is 4. The molecule has 2 aromatic carbocycles. The first kappa shape index (κ1) is 27.5. The zero-order chi connectivity index (χ0) is 29.2. The molecule has 2 aliphatic rings. The molecular formula is C31H35N7O4. The summed E-state index contributed by atoms with van der Waals surface area (Å²) in [5, 5.41) is 9.74. The number of anilines is 2. The van der Waals surface area contributed by atoms with Crippen LogP contribution in [0.25, 0.3) is 22.2 Å². The van der Waals surface area contributed by atoms with Crippen LogP contribution >= 0.6 is 0 Å². The van der Waals surface area contributed by atoms with Crippen molar-refractivity contribution >= 4 is 34.5 Å². The number of methoxy groups -OCH3 is 1. The monoisotopic (exact) mass is 569 g/mol. The van der Waals surface area contributed by atoms with E-state index in [2.05, 4.69) is 25.8 Å². The smallest absolute Gasteiger partial charge is 0.251 e. The van der Waals surface area contributed by atoms with Gasteiger partial charge in [0.25, 0.3) is 11.8 Å². The Morgan fingerprint density at radius 3 is 2.43 bits per heavy atom. The summed E-state index contributed by atoms with van der Waals surface area (Å²) in [6.07, 6.45) is 6.16. The number of benzene rings is 2. The van der Waals surface area contributed by atoms with Crippen LogP contribution in [0.1, 0.15) is 46.4 Å². The van der Waals surface area contributed by atoms with E-state index in [0.29, 0.717) is 40.0 Å². The van der Waals surface area contributed by atoms with Crippen LogP contribution in [-0.2, 0) is 0 Å². The quantitative estimate of drug-likeness (QED) is 0.237. The molecule has 1 aliphatic heterocycles. The molecule has 3 heterocycles. The predicted molar refractivity (Wildman–Crippen MR) is 161 cm³/mol. The van der Waals surface area contributed by atoms with E-state index in [0.717, 1.165) is 55.3 Å². The maximum Gasteiger partial charge on any atom is 0.251 e. The maximum absolute atomic E-state index is 12.8. The van der Waals surface area contributed by atoms with Gasteiger partial charge in [-0.15, -0.1) is 0 Å². The first-order chi connectivity index (χ1) is 20.4. The normalized spacial score (nSPS) is 15.8. The van der Waals surface area contributed by atoms with Crippen molar-refractivity contribution in [3.05, 3.63) is 59.8 Å². The Morgan fingerprint density at radius 2 is 1.74 bits per heavy atom. The van der Waals surface area contributed by atoms with Crippen molar-refractivity contribution in [1.82, 2.24) is 30.5 Å². The first-order valence-corrected chi connectivity index (χ1v) is 14.2. The number of rotatable bonds is 9. The average molecular weight is 570 g/mol. The summed E-state index contributed by atoms with van der Waals surface area (Å²) in [4.78, 5) is 39.8. The van der Waals surface area contributed by atoms with Gasteiger partial charge in [-0.3, -0.25) is 9.59 Å². The van der Waals surface area contributed by atoms with Gasteiger partial charge >= 0.3 is 0 Å². The van der Waals surface area contributed by atoms with Gasteiger partial charge in [-0.1, -0.05) is 12.1 Å². The van der Waals surface area contributed by atoms with Crippen LogP contribution in [-0.4, -0.2) is 78.1 Å². The lowest BCUT2D eigenvalue weighted by atomic mass is 10.0. The minimum Gasteiger partial charge on any atom is -0.495 e. The molecule has 4 N–H and O–H groups in total. The van der Waals surface area contributed by atoms with Gasteiger partial charge in [-0.25, -0.2) is 0 Å². The van der Waals surface area contributed by atoms with Crippen molar-refractivity contribution in [2.45, 2.75) is 37.8 Å². The van der Waals surface area contributed by atoms with Crippen molar-refractivity contribution in [2.24, 2.45) is 0 Å². The molecule has 4 aromatic rings. The molecule has 6 rings (SSSR count). The third-order valence-electron chi connectivity index (χ3n) is 7.87. The molecule has 2 fully saturated rings. The molecule has 1 saturated heterocycles. The van der Waals surface area contributed by atoms with Gasteiger partial charge < -0.3 is 35.3 Å². The van der Waals surface area contributed by atoms with Gasteiger partial charge in [0.15, 0.2) is 0 Å². The van der Waals surface area contributed by atoms with Crippen molar-refractivity contribution in [3.8, 4) is 22.8 Å². The van der Waals surface area contributed by atoms with Crippen molar-refractivity contribution in [1.29, 1.82) is 0 Å². The van der Waals surface area contributed by atoms with E-state index in [1.165, 1.54) is 0 Å². The number of carbonyl (C=O) groups excluding carboxylic acids is 2. The number of fused-ring (bicyclic) bond motifs is 1. The van der Waals surface area contributed by atoms with Crippen molar-refractivity contribution in [3.63, 3.8) is 0 Å². The number of H-pyrrole nitrogens is 1. The Hall–Kier alpha value is -4.64. The second kappa shape index (κ2) is 11.7. The second-order valence-corrected chi connectivity index (χ2v) is 10.9. The fourth-order valence-electron chi connectivity index (χ4n) is 5.59. The summed E-state index contributed by atoms with van der Waals surface area (Å²) in [7, 11) is 5.20. The van der Waals surface area contributed by atoms with E-state index in [4.69, 9.17) is 19.4 Å². The lowest BCUT2D eigenvalue weighted by Crippen LogP contribution is -2.57. The van der Waals surface area contributed by atoms with Crippen LogP contribution in [0.5, 0.6) is 11.6 Å². The van der Waals surface area contributed by atoms with Crippen molar-refractivity contribution in [2.75, 3.05) is 39.6 Å². The molecule has 1 aliphatic carbocycles. The number of amides is 2. The number of likely N-dealkylation sites (N-methyl/N-ethyl adjacent to an activating group) is 1. The molecule has 0 spiro atoms. The predicted octanol–water partition coefficient (Wildman–Crippen LogP) is 4.10. The van der Waals surface area contributed by atoms with Crippen LogP contribution in [0.2, 0.25) is 0 Å². The summed E-state index contributed by atoms with van der Waals surface area (Å²) in [6, 6.07) is 12.8. The lowest BCUT2D eigenvalue weighted by Gasteiger charge is -2.36. The highest BCUT2D eigenvalue weighted by Gasteiger charge is 2.26. The van der Waals surface area contributed by atoms with Crippen LogP contribution in [0.3, 0.4) is 0 Å². The average Bonchev–Trinajstić information content (AvgIpc) is 3.66. The Bertz CT molecular complexity index is 1610. The molecule has 218 valence electrons. The van der Waals surface area contributed by atoms with E-state index in [9.17, 15) is 9.59 Å². The molecule has 42 heavy (non-hydrogen) atoms. The number of likely N-dealkylation sites (tertiary alicyclic amines) is 1. The zero-order valence-corrected chi connectivity index (χ0v) is 24.0. The van der Waals surface area contributed by atoms with E-state index in [1.54, 1.807) is 44.5 Å². The number of aromatic amines is 1. The van der Waals surface area contributed by atoms with Gasteiger partial charge in [0.2, 0.25) is 11.8 Å². The topological polar surface area (TPSA) is 134 Å². The van der Waals surface area contributed by atoms with E-state index in [-0.39, 0.29) is 24.0 Å². The molecule has 2 amide bonds. The molecular weight excluding hydrogens is 534 g/mol. The number of ether oxygens (including phenoxy) is 2. The van der Waals surface area contributed by atoms with Gasteiger partial charge in [0, 0.05) is 43.0 Å². The Balaban J connectivity index is 1.31. The summed E-state index contributed by atoms with van der Waals surface area (Å²) in [5.74, 6) is 1.05. The lowest BCUT2D eigenvalue weighted by molar-refractivity contribution is 0.0857. The number of hydrogen-bond acceptors (Lipinski definition) is 8. The highest BCUT2D eigenvalue weighted by molar-refractivity contribution is 5.99. The first-order valence-electron chi connectivity index (χ1n) is 14.2. The highest BCUT2D eigenvalue weighted by atomic mass is 16.5. The molecule has 0 bridgehead atoms. The van der Waals surface area contributed by atoms with E-state index in [1.807, 2.05) is 25.4 Å². The molecule has 0 unspecified atom stereocenters. The second-order valence-electron chi connectivity index (χ2n) is 10.9. The number of nitrogens with zero attached hydrogens (tertiary/aromatic N) is 3. The number of carbonyl (C=O) groups is 2. The van der Waals surface area contributed by atoms with E-state index >= 15 is 0 Å². The molecule has 0 radical (unpaired) electrons. The summed E-state index contributed by atoms with van der Waals surface area (Å²) >= 11 is 0. The molecule has 0 atom stereocenters. The maximum atomic E-state index is 12.8. The Kier molecular flexibility index (Phi) is 7.66. The van der Waals surface area contributed by atoms with Crippen LogP contribution in [0, 0.1) is 0 Å². The van der Waals surface area contributed by atoms with Gasteiger partial charge in [-0.2, -0.15) is 9.97 Å². The number of hydrogen-bond donors (Lipinski definition) is 4. The van der Waals surface area contributed by atoms with Crippen LogP contribution in [0.15, 0.2) is 48.7 Å². The molecule has 1 saturated carbocycles. The van der Waals surface area contributed by atoms with Crippen molar-refractivity contribution < 1.29 is 19.1 Å². The fourth-order valence-corrected chi connectivity index (χ4v) is 5.59. The van der Waals surface area contributed by atoms with Gasteiger partial charge in [0.1, 0.15) is 17.5 Å². The minimum atomic E-state index is -0.139. The minimum absolute atomic E-state index is 0.0807. The molecule has 11 nitrogen and oxygen atoms in total. The fraction of sp³-hybridized carbons (Fsp3) is 0.355. The summed E-state index contributed by atoms with van der Waals surface area (Å²) in [5.41, 5.74) is 4.15. The highest BCUT2D eigenvalue weighted by Crippen LogP contribution is 2.37. The molecule has 11 heteroatoms. The van der Waals surface area contributed by atoms with Gasteiger partial charge in [-0.05, 0) is 68.6 Å². The number of aromatic nitrogens is 3. The summed E-state index contributed by atoms with van der Waals surface area (Å²) < 4.78 is 12.1. The zero-order valence-electron chi connectivity index (χ0n) is 24.0. The summed E-state index contributed by atoms with van der Waals surface area (Å²) in [6.45, 7) is 1.69. The third-order valence-corrected chi connectivity index (χ3v) is 7.87. The standard InChI is InChI=1S/C31H35N7O4/c1-32-28(39)19-10-8-18(9-11-19)23-15-33-27-26(23)30(42-22-6-4-5-7-22)37-31(36-27)35-24-13-12-20(14-25(24)41-3)29(40)34-21-16-38(2)17-21/h8-15,21-22H,4-7,16-17H2,1-3H3,(H,32,39)(H,34,40)(H2,33,35,36,37). The van der Waals surface area contributed by atoms with Crippen LogP contribution < -0.4 is 25.4 Å².